The molecule has 2 aliphatic rings. The minimum absolute atomic E-state index is 0.000899. The fraction of sp³-hybridized carbons (Fsp3) is 0.250. The summed E-state index contributed by atoms with van der Waals surface area (Å²) in [5, 5.41) is 2.16. The number of hydrogen-bond acceptors (Lipinski definition) is 4. The second-order valence-electron chi connectivity index (χ2n) is 7.54. The van der Waals surface area contributed by atoms with Crippen LogP contribution in [-0.4, -0.2) is 60.5 Å². The van der Waals surface area contributed by atoms with E-state index in [1.165, 1.54) is 0 Å². The van der Waals surface area contributed by atoms with Gasteiger partial charge in [-0.2, -0.15) is 0 Å². The van der Waals surface area contributed by atoms with E-state index in [1.54, 1.807) is 15.9 Å². The fourth-order valence-electron chi connectivity index (χ4n) is 3.98. The summed E-state index contributed by atoms with van der Waals surface area (Å²) >= 11 is 0. The molecule has 0 bridgehead atoms. The van der Waals surface area contributed by atoms with Gasteiger partial charge in [-0.15, -0.1) is 0 Å². The van der Waals surface area contributed by atoms with Crippen LogP contribution in [0.2, 0.25) is 0 Å². The molecule has 5 rings (SSSR count). The number of nitrogens with zero attached hydrogens (tertiary/aromatic N) is 2. The number of fused-ring (bicyclic) bond motifs is 2. The Morgan fingerprint density at radius 2 is 1.43 bits per heavy atom. The molecule has 0 aliphatic carbocycles. The van der Waals surface area contributed by atoms with Gasteiger partial charge in [0.25, 0.3) is 11.8 Å². The van der Waals surface area contributed by atoms with Gasteiger partial charge in [0.2, 0.25) is 6.10 Å². The summed E-state index contributed by atoms with van der Waals surface area (Å²) < 4.78 is 11.5. The summed E-state index contributed by atoms with van der Waals surface area (Å²) in [5.41, 5.74) is 0.675. The third kappa shape index (κ3) is 3.45. The summed E-state index contributed by atoms with van der Waals surface area (Å²) in [5.74, 6) is 1.15. The van der Waals surface area contributed by atoms with Gasteiger partial charge in [-0.25, -0.2) is 0 Å². The molecule has 2 heterocycles. The van der Waals surface area contributed by atoms with Crippen LogP contribution in [0.15, 0.2) is 66.7 Å². The number of amides is 2. The van der Waals surface area contributed by atoms with Gasteiger partial charge in [0.05, 0.1) is 0 Å². The molecule has 152 valence electrons. The highest BCUT2D eigenvalue weighted by Gasteiger charge is 2.33. The zero-order valence-electron chi connectivity index (χ0n) is 16.5. The first-order valence-electron chi connectivity index (χ1n) is 10.1. The van der Waals surface area contributed by atoms with Crippen molar-refractivity contribution in [3.63, 3.8) is 0 Å². The van der Waals surface area contributed by atoms with E-state index in [0.717, 1.165) is 10.8 Å². The van der Waals surface area contributed by atoms with E-state index in [9.17, 15) is 9.59 Å². The van der Waals surface area contributed by atoms with E-state index in [0.29, 0.717) is 43.2 Å². The topological polar surface area (TPSA) is 59.1 Å². The number of hydrogen-bond donors (Lipinski definition) is 0. The van der Waals surface area contributed by atoms with Crippen molar-refractivity contribution in [2.75, 3.05) is 32.8 Å². The first-order valence-corrected chi connectivity index (χ1v) is 10.1. The minimum atomic E-state index is -0.650. The van der Waals surface area contributed by atoms with Crippen LogP contribution in [0, 0.1) is 0 Å². The van der Waals surface area contributed by atoms with Gasteiger partial charge >= 0.3 is 0 Å². The molecule has 0 spiro atoms. The van der Waals surface area contributed by atoms with Gasteiger partial charge in [-0.1, -0.05) is 42.5 Å². The highest BCUT2D eigenvalue weighted by molar-refractivity contribution is 5.98. The van der Waals surface area contributed by atoms with Gasteiger partial charge < -0.3 is 19.3 Å². The molecular weight excluding hydrogens is 380 g/mol. The van der Waals surface area contributed by atoms with Crippen LogP contribution in [0.3, 0.4) is 0 Å². The normalized spacial score (nSPS) is 18.3. The molecule has 1 saturated heterocycles. The van der Waals surface area contributed by atoms with Crippen molar-refractivity contribution >= 4 is 22.6 Å². The number of rotatable bonds is 2. The quantitative estimate of drug-likeness (QED) is 0.661. The summed E-state index contributed by atoms with van der Waals surface area (Å²) in [4.78, 5) is 29.4. The molecule has 6 heteroatoms. The number of carbonyl (C=O) groups excluding carboxylic acids is 2. The lowest BCUT2D eigenvalue weighted by atomic mass is 10.1. The maximum atomic E-state index is 12.9. The number of para-hydroxylation sites is 2. The molecule has 1 atom stereocenters. The van der Waals surface area contributed by atoms with E-state index < -0.39 is 6.10 Å². The Hall–Kier alpha value is -3.54. The summed E-state index contributed by atoms with van der Waals surface area (Å²) in [6.45, 7) is 2.18. The Bertz CT molecular complexity index is 1110. The monoisotopic (exact) mass is 402 g/mol. The van der Waals surface area contributed by atoms with Gasteiger partial charge in [-0.05, 0) is 35.0 Å². The second-order valence-corrected chi connectivity index (χ2v) is 7.54. The third-order valence-corrected chi connectivity index (χ3v) is 5.66. The maximum Gasteiger partial charge on any atom is 0.267 e. The van der Waals surface area contributed by atoms with Crippen LogP contribution in [0.1, 0.15) is 10.4 Å². The lowest BCUT2D eigenvalue weighted by Gasteiger charge is -2.37. The Labute approximate surface area is 174 Å². The highest BCUT2D eigenvalue weighted by atomic mass is 16.6. The zero-order valence-corrected chi connectivity index (χ0v) is 16.5. The fourth-order valence-corrected chi connectivity index (χ4v) is 3.98. The first kappa shape index (κ1) is 18.5. The highest BCUT2D eigenvalue weighted by Crippen LogP contribution is 2.31. The lowest BCUT2D eigenvalue weighted by molar-refractivity contribution is -0.142. The predicted molar refractivity (Wildman–Crippen MR) is 113 cm³/mol. The number of ether oxygens (including phenoxy) is 2. The van der Waals surface area contributed by atoms with Crippen molar-refractivity contribution in [2.24, 2.45) is 0 Å². The smallest absolute Gasteiger partial charge is 0.267 e. The van der Waals surface area contributed by atoms with Gasteiger partial charge in [0, 0.05) is 31.7 Å². The molecule has 3 aromatic carbocycles. The standard InChI is InChI=1S/C24H22N2O4/c27-23(19-10-9-17-5-1-2-6-18(17)15-19)25-11-13-26(14-12-25)24(28)22-16-29-20-7-3-4-8-21(20)30-22/h1-10,15,22H,11-14,16H2/t22-/m0/s1. The van der Waals surface area contributed by atoms with Crippen molar-refractivity contribution in [3.8, 4) is 11.5 Å². The predicted octanol–water partition coefficient (Wildman–Crippen LogP) is 2.96. The summed E-state index contributed by atoms with van der Waals surface area (Å²) in [6, 6.07) is 21.1. The Morgan fingerprint density at radius 3 is 2.23 bits per heavy atom. The van der Waals surface area contributed by atoms with E-state index in [2.05, 4.69) is 0 Å². The molecule has 0 unspecified atom stereocenters. The molecule has 0 N–H and O–H groups in total. The van der Waals surface area contributed by atoms with Gasteiger partial charge in [0.1, 0.15) is 6.61 Å². The third-order valence-electron chi connectivity index (χ3n) is 5.66. The largest absolute Gasteiger partial charge is 0.485 e. The van der Waals surface area contributed by atoms with Crippen LogP contribution in [-0.2, 0) is 4.79 Å². The van der Waals surface area contributed by atoms with Crippen molar-refractivity contribution < 1.29 is 19.1 Å². The molecule has 0 aromatic heterocycles. The van der Waals surface area contributed by atoms with E-state index in [-0.39, 0.29) is 18.4 Å². The minimum Gasteiger partial charge on any atom is -0.485 e. The van der Waals surface area contributed by atoms with E-state index in [4.69, 9.17) is 9.47 Å². The Kier molecular flexibility index (Phi) is 4.75. The molecular formula is C24H22N2O4. The summed E-state index contributed by atoms with van der Waals surface area (Å²) in [7, 11) is 0. The summed E-state index contributed by atoms with van der Waals surface area (Å²) in [6.07, 6.45) is -0.650. The van der Waals surface area contributed by atoms with Crippen LogP contribution in [0.25, 0.3) is 10.8 Å². The lowest BCUT2D eigenvalue weighted by Crippen LogP contribution is -2.55. The number of carbonyl (C=O) groups is 2. The average Bonchev–Trinajstić information content (AvgIpc) is 2.82. The number of benzene rings is 3. The first-order chi connectivity index (χ1) is 14.7. The van der Waals surface area contributed by atoms with Crippen LogP contribution < -0.4 is 9.47 Å². The number of piperazine rings is 1. The van der Waals surface area contributed by atoms with Gasteiger partial charge in [-0.3, -0.25) is 9.59 Å². The van der Waals surface area contributed by atoms with Gasteiger partial charge in [0.15, 0.2) is 11.5 Å². The molecule has 2 amide bonds. The Morgan fingerprint density at radius 1 is 0.767 bits per heavy atom. The molecule has 1 fully saturated rings. The zero-order chi connectivity index (χ0) is 20.5. The average molecular weight is 402 g/mol. The second kappa shape index (κ2) is 7.71. The molecule has 0 radical (unpaired) electrons. The molecule has 6 nitrogen and oxygen atoms in total. The maximum absolute atomic E-state index is 12.9. The van der Waals surface area contributed by atoms with Crippen molar-refractivity contribution in [2.45, 2.75) is 6.10 Å². The van der Waals surface area contributed by atoms with Crippen molar-refractivity contribution in [1.29, 1.82) is 0 Å². The van der Waals surface area contributed by atoms with Crippen LogP contribution in [0.5, 0.6) is 11.5 Å². The SMILES string of the molecule is O=C(c1ccc2ccccc2c1)N1CCN(C(=O)[C@@H]2COc3ccccc3O2)CC1. The Balaban J connectivity index is 1.21. The van der Waals surface area contributed by atoms with Crippen molar-refractivity contribution in [3.05, 3.63) is 72.3 Å². The van der Waals surface area contributed by atoms with E-state index >= 15 is 0 Å². The molecule has 30 heavy (non-hydrogen) atoms. The van der Waals surface area contributed by atoms with Crippen LogP contribution in [0.4, 0.5) is 0 Å². The van der Waals surface area contributed by atoms with Crippen molar-refractivity contribution in [1.82, 2.24) is 9.80 Å². The molecule has 0 saturated carbocycles. The molecule has 3 aromatic rings. The van der Waals surface area contributed by atoms with Crippen LogP contribution >= 0.6 is 0 Å². The van der Waals surface area contributed by atoms with E-state index in [1.807, 2.05) is 60.7 Å². The molecule has 2 aliphatic heterocycles.